The first-order valence-electron chi connectivity index (χ1n) is 4.45. The molecule has 0 aliphatic rings. The van der Waals surface area contributed by atoms with Gasteiger partial charge in [-0.3, -0.25) is 4.79 Å². The lowest BCUT2D eigenvalue weighted by molar-refractivity contribution is -0.137. The largest absolute Gasteiger partial charge is 0.616 e. The Bertz CT molecular complexity index is 248. The molecule has 0 aromatic rings. The molecule has 0 fully saturated rings. The van der Waals surface area contributed by atoms with E-state index >= 15 is 0 Å². The second-order valence-electron chi connectivity index (χ2n) is 2.76. The van der Waals surface area contributed by atoms with Gasteiger partial charge in [-0.1, -0.05) is 28.2 Å². The Morgan fingerprint density at radius 2 is 2.31 bits per heavy atom. The lowest BCUT2D eigenvalue weighted by atomic mass is 10.4. The van der Waals surface area contributed by atoms with E-state index in [9.17, 15) is 9.35 Å². The fourth-order valence-corrected chi connectivity index (χ4v) is 3.21. The summed E-state index contributed by atoms with van der Waals surface area (Å²) < 4.78 is 11.1. The molecule has 0 heterocycles. The standard InChI is InChI=1S/C9H15NO3S3/c1-2-5-16(13)6-3-4-14-15-7-8(10)9(11)12/h2-4,8H,1,5-7,10H2,(H,11,12)/b4-3+. The van der Waals surface area contributed by atoms with Gasteiger partial charge in [0.2, 0.25) is 0 Å². The summed E-state index contributed by atoms with van der Waals surface area (Å²) in [4.78, 5) is 10.4. The van der Waals surface area contributed by atoms with Crippen LogP contribution in [-0.2, 0) is 16.0 Å². The zero-order valence-electron chi connectivity index (χ0n) is 8.70. The van der Waals surface area contributed by atoms with Crippen LogP contribution in [0.3, 0.4) is 0 Å². The van der Waals surface area contributed by atoms with E-state index in [0.717, 1.165) is 0 Å². The number of carboxylic acid groups (broad SMARTS) is 1. The van der Waals surface area contributed by atoms with Gasteiger partial charge in [0, 0.05) is 5.75 Å². The molecule has 0 aromatic carbocycles. The first-order chi connectivity index (χ1) is 7.57. The van der Waals surface area contributed by atoms with Crippen LogP contribution in [0.25, 0.3) is 0 Å². The van der Waals surface area contributed by atoms with Crippen LogP contribution in [-0.4, -0.2) is 38.9 Å². The van der Waals surface area contributed by atoms with Gasteiger partial charge in [0.15, 0.2) is 0 Å². The Morgan fingerprint density at radius 3 is 2.88 bits per heavy atom. The Morgan fingerprint density at radius 1 is 1.62 bits per heavy atom. The van der Waals surface area contributed by atoms with Crippen LogP contribution < -0.4 is 5.73 Å². The molecule has 0 saturated heterocycles. The molecule has 0 bridgehead atoms. The average molecular weight is 281 g/mol. The normalized spacial score (nSPS) is 14.9. The fraction of sp³-hybridized carbons (Fsp3) is 0.444. The lowest BCUT2D eigenvalue weighted by Crippen LogP contribution is -2.32. The van der Waals surface area contributed by atoms with E-state index in [-0.39, 0.29) is 0 Å². The Labute approximate surface area is 106 Å². The van der Waals surface area contributed by atoms with Crippen molar-refractivity contribution in [1.29, 1.82) is 0 Å². The summed E-state index contributed by atoms with van der Waals surface area (Å²) in [6, 6.07) is -0.833. The minimum atomic E-state index is -0.996. The lowest BCUT2D eigenvalue weighted by Gasteiger charge is -2.04. The first-order valence-corrected chi connectivity index (χ1v) is 8.32. The molecule has 16 heavy (non-hydrogen) atoms. The monoisotopic (exact) mass is 281 g/mol. The highest BCUT2D eigenvalue weighted by atomic mass is 33.1. The molecule has 7 heteroatoms. The van der Waals surface area contributed by atoms with Gasteiger partial charge in [0.25, 0.3) is 0 Å². The van der Waals surface area contributed by atoms with E-state index in [0.29, 0.717) is 17.3 Å². The predicted octanol–water partition coefficient (Wildman–Crippen LogP) is 1.23. The van der Waals surface area contributed by atoms with Crippen molar-refractivity contribution in [2.45, 2.75) is 6.04 Å². The maximum Gasteiger partial charge on any atom is 0.321 e. The highest BCUT2D eigenvalue weighted by molar-refractivity contribution is 8.77. The molecule has 3 N–H and O–H groups in total. The summed E-state index contributed by atoms with van der Waals surface area (Å²) in [5, 5.41) is 10.3. The van der Waals surface area contributed by atoms with E-state index in [1.165, 1.54) is 21.6 Å². The minimum Gasteiger partial charge on any atom is -0.616 e. The highest BCUT2D eigenvalue weighted by Crippen LogP contribution is 2.22. The number of nitrogens with two attached hydrogens (primary N) is 1. The number of carboxylic acids is 1. The van der Waals surface area contributed by atoms with Crippen molar-refractivity contribution in [3.63, 3.8) is 0 Å². The summed E-state index contributed by atoms with van der Waals surface area (Å²) >= 11 is -0.888. The molecule has 4 nitrogen and oxygen atoms in total. The molecule has 2 atom stereocenters. The number of rotatable bonds is 9. The van der Waals surface area contributed by atoms with E-state index in [4.69, 9.17) is 10.8 Å². The summed E-state index contributed by atoms with van der Waals surface area (Å²) in [5.74, 6) is 0.334. The van der Waals surface area contributed by atoms with Gasteiger partial charge >= 0.3 is 5.97 Å². The molecule has 0 amide bonds. The van der Waals surface area contributed by atoms with Crippen molar-refractivity contribution in [1.82, 2.24) is 0 Å². The van der Waals surface area contributed by atoms with Crippen molar-refractivity contribution >= 4 is 38.7 Å². The maximum absolute atomic E-state index is 11.1. The van der Waals surface area contributed by atoms with Crippen LogP contribution >= 0.6 is 21.6 Å². The first kappa shape index (κ1) is 15.9. The average Bonchev–Trinajstić information content (AvgIpc) is 2.23. The third-order valence-electron chi connectivity index (χ3n) is 1.37. The minimum absolute atomic E-state index is 0.347. The third kappa shape index (κ3) is 9.17. The van der Waals surface area contributed by atoms with Crippen LogP contribution in [0.1, 0.15) is 0 Å². The quantitative estimate of drug-likeness (QED) is 0.286. The SMILES string of the molecule is C=CC[S+]([O-])C/C=C/SSCC(N)C(=O)O. The summed E-state index contributed by atoms with van der Waals surface area (Å²) in [5.41, 5.74) is 5.30. The zero-order chi connectivity index (χ0) is 12.4. The molecule has 2 unspecified atom stereocenters. The topological polar surface area (TPSA) is 86.4 Å². The van der Waals surface area contributed by atoms with Gasteiger partial charge in [-0.15, -0.1) is 0 Å². The Hall–Kier alpha value is -0.0800. The maximum atomic E-state index is 11.1. The van der Waals surface area contributed by atoms with E-state index in [2.05, 4.69) is 6.58 Å². The van der Waals surface area contributed by atoms with Gasteiger partial charge in [0.1, 0.15) is 17.5 Å². The molecule has 92 valence electrons. The van der Waals surface area contributed by atoms with Gasteiger partial charge in [0.05, 0.1) is 0 Å². The van der Waals surface area contributed by atoms with Crippen LogP contribution in [0.4, 0.5) is 0 Å². The van der Waals surface area contributed by atoms with Gasteiger partial charge in [-0.2, -0.15) is 0 Å². The zero-order valence-corrected chi connectivity index (χ0v) is 11.2. The molecule has 0 aliphatic heterocycles. The fourth-order valence-electron chi connectivity index (χ4n) is 0.609. The third-order valence-corrected chi connectivity index (χ3v) is 4.63. The van der Waals surface area contributed by atoms with Crippen LogP contribution in [0.15, 0.2) is 24.1 Å². The number of carbonyl (C=O) groups is 1. The van der Waals surface area contributed by atoms with Crippen molar-refractivity contribution in [2.75, 3.05) is 17.3 Å². The number of hydrogen-bond donors (Lipinski definition) is 2. The van der Waals surface area contributed by atoms with Crippen molar-refractivity contribution in [3.8, 4) is 0 Å². The summed E-state index contributed by atoms with van der Waals surface area (Å²) in [6.07, 6.45) is 3.42. The van der Waals surface area contributed by atoms with Gasteiger partial charge < -0.3 is 15.4 Å². The molecule has 0 spiro atoms. The summed E-state index contributed by atoms with van der Waals surface area (Å²) in [6.45, 7) is 3.50. The highest BCUT2D eigenvalue weighted by Gasteiger charge is 2.10. The molecule has 0 radical (unpaired) electrons. The Kier molecular flexibility index (Phi) is 10.0. The molecule has 0 aromatic heterocycles. The smallest absolute Gasteiger partial charge is 0.321 e. The van der Waals surface area contributed by atoms with E-state index in [1.807, 2.05) is 0 Å². The van der Waals surface area contributed by atoms with Gasteiger partial charge in [-0.05, 0) is 28.7 Å². The molecule has 0 saturated carbocycles. The number of aliphatic carboxylic acids is 1. The molecule has 0 rings (SSSR count). The predicted molar refractivity (Wildman–Crippen MR) is 72.9 cm³/mol. The van der Waals surface area contributed by atoms with Crippen LogP contribution in [0.5, 0.6) is 0 Å². The van der Waals surface area contributed by atoms with Crippen LogP contribution in [0.2, 0.25) is 0 Å². The van der Waals surface area contributed by atoms with Crippen molar-refractivity contribution in [3.05, 3.63) is 24.1 Å². The second kappa shape index (κ2) is 10.1. The molecule has 0 aliphatic carbocycles. The second-order valence-corrected chi connectivity index (χ2v) is 6.62. The summed E-state index contributed by atoms with van der Waals surface area (Å²) in [7, 11) is 2.75. The van der Waals surface area contributed by atoms with Gasteiger partial charge in [-0.25, -0.2) is 0 Å². The Balaban J connectivity index is 3.47. The van der Waals surface area contributed by atoms with E-state index in [1.54, 1.807) is 17.6 Å². The molecular weight excluding hydrogens is 266 g/mol. The molecular formula is C9H15NO3S3. The number of hydrogen-bond acceptors (Lipinski definition) is 5. The van der Waals surface area contributed by atoms with Crippen LogP contribution in [0, 0.1) is 0 Å². The van der Waals surface area contributed by atoms with Crippen molar-refractivity contribution in [2.24, 2.45) is 5.73 Å². The van der Waals surface area contributed by atoms with Crippen molar-refractivity contribution < 1.29 is 14.5 Å². The van der Waals surface area contributed by atoms with E-state index < -0.39 is 23.2 Å².